The predicted octanol–water partition coefficient (Wildman–Crippen LogP) is 6.17. The Morgan fingerprint density at radius 2 is 1.15 bits per heavy atom. The number of aryl methyl sites for hydroxylation is 1. The Balaban J connectivity index is 1.83. The second kappa shape index (κ2) is 9.33. The first kappa shape index (κ1) is 15.8. The Hall–Kier alpha value is -0.630. The number of carbonyl (C=O) groups excluding carboxylic acids is 1. The number of Topliss-reactive ketones (excluding diaryl/α,β-unsaturated/α-hetero) is 1. The molecule has 0 saturated carbocycles. The summed E-state index contributed by atoms with van der Waals surface area (Å²) >= 11 is 1.73. The highest BCUT2D eigenvalue weighted by atomic mass is 32.1. The molecule has 0 N–H and O–H groups in total. The molecule has 0 fully saturated rings. The molecule has 2 heterocycles. The van der Waals surface area contributed by atoms with E-state index < -0.39 is 0 Å². The van der Waals surface area contributed by atoms with Gasteiger partial charge in [-0.25, -0.2) is 0 Å². The summed E-state index contributed by atoms with van der Waals surface area (Å²) in [5.74, 6) is 0.366. The van der Waals surface area contributed by atoms with Gasteiger partial charge in [-0.3, -0.25) is 4.79 Å². The number of hydrogen-bond acceptors (Lipinski definition) is 2. The molecule has 1 aliphatic rings. The first-order valence-corrected chi connectivity index (χ1v) is 9.30. The summed E-state index contributed by atoms with van der Waals surface area (Å²) < 4.78 is 0. The molecular weight excluding hydrogens is 264 g/mol. The third-order valence-corrected chi connectivity index (χ3v) is 5.45. The zero-order valence-corrected chi connectivity index (χ0v) is 13.5. The Bertz CT molecular complexity index is 394. The molecule has 0 atom stereocenters. The van der Waals surface area contributed by atoms with E-state index in [1.165, 1.54) is 69.1 Å². The van der Waals surface area contributed by atoms with Gasteiger partial charge in [0, 0.05) is 11.3 Å². The van der Waals surface area contributed by atoms with E-state index in [2.05, 4.69) is 6.07 Å². The van der Waals surface area contributed by atoms with Crippen molar-refractivity contribution in [1.82, 2.24) is 0 Å². The second-order valence-electron chi connectivity index (χ2n) is 6.08. The smallest absolute Gasteiger partial charge is 0.172 e. The van der Waals surface area contributed by atoms with Gasteiger partial charge in [-0.2, -0.15) is 0 Å². The molecule has 0 unspecified atom stereocenters. The van der Waals surface area contributed by atoms with Crippen molar-refractivity contribution in [2.24, 2.45) is 0 Å². The topological polar surface area (TPSA) is 17.1 Å². The molecule has 1 nitrogen and oxygen atoms in total. The van der Waals surface area contributed by atoms with Crippen LogP contribution in [0.2, 0.25) is 0 Å². The molecule has 0 amide bonds. The van der Waals surface area contributed by atoms with Gasteiger partial charge in [-0.05, 0) is 31.4 Å². The molecule has 1 aromatic heterocycles. The van der Waals surface area contributed by atoms with Crippen LogP contribution in [0.5, 0.6) is 0 Å². The lowest BCUT2D eigenvalue weighted by atomic mass is 10.0. The fourth-order valence-corrected chi connectivity index (χ4v) is 3.98. The van der Waals surface area contributed by atoms with Gasteiger partial charge < -0.3 is 0 Å². The third kappa shape index (κ3) is 5.78. The molecular formula is C18H28OS. The molecule has 0 spiro atoms. The predicted molar refractivity (Wildman–Crippen MR) is 87.8 cm³/mol. The minimum atomic E-state index is 0.366. The van der Waals surface area contributed by atoms with Crippen molar-refractivity contribution >= 4 is 17.1 Å². The highest BCUT2D eigenvalue weighted by Gasteiger charge is 2.09. The zero-order chi connectivity index (χ0) is 14.0. The summed E-state index contributed by atoms with van der Waals surface area (Å²) in [4.78, 5) is 14.5. The van der Waals surface area contributed by atoms with E-state index in [-0.39, 0.29) is 0 Å². The lowest BCUT2D eigenvalue weighted by Gasteiger charge is -2.02. The molecule has 112 valence electrons. The van der Waals surface area contributed by atoms with E-state index in [9.17, 15) is 4.79 Å². The third-order valence-electron chi connectivity index (χ3n) is 4.26. The number of carbonyl (C=O) groups is 1. The number of thiophene rings is 1. The maximum absolute atomic E-state index is 12.1. The van der Waals surface area contributed by atoms with E-state index in [1.54, 1.807) is 11.3 Å². The fourth-order valence-electron chi connectivity index (χ4n) is 2.96. The van der Waals surface area contributed by atoms with Crippen LogP contribution in [0.3, 0.4) is 0 Å². The minimum Gasteiger partial charge on any atom is -0.293 e. The van der Waals surface area contributed by atoms with E-state index in [1.807, 2.05) is 6.07 Å². The van der Waals surface area contributed by atoms with Gasteiger partial charge >= 0.3 is 0 Å². The van der Waals surface area contributed by atoms with E-state index in [0.29, 0.717) is 5.78 Å². The summed E-state index contributed by atoms with van der Waals surface area (Å²) in [7, 11) is 0. The molecule has 2 rings (SSSR count). The van der Waals surface area contributed by atoms with Gasteiger partial charge in [0.2, 0.25) is 0 Å². The van der Waals surface area contributed by atoms with Crippen LogP contribution in [0.15, 0.2) is 12.1 Å². The molecule has 2 bridgehead atoms. The summed E-state index contributed by atoms with van der Waals surface area (Å²) in [5.41, 5.74) is 0. The molecule has 0 radical (unpaired) electrons. The van der Waals surface area contributed by atoms with Crippen LogP contribution in [0, 0.1) is 0 Å². The summed E-state index contributed by atoms with van der Waals surface area (Å²) in [6.45, 7) is 0. The van der Waals surface area contributed by atoms with Crippen molar-refractivity contribution in [1.29, 1.82) is 0 Å². The van der Waals surface area contributed by atoms with Crippen LogP contribution in [0.4, 0.5) is 0 Å². The van der Waals surface area contributed by atoms with Crippen LogP contribution in [-0.4, -0.2) is 5.78 Å². The van der Waals surface area contributed by atoms with Crippen molar-refractivity contribution < 1.29 is 4.79 Å². The summed E-state index contributed by atoms with van der Waals surface area (Å²) in [6, 6.07) is 4.21. The van der Waals surface area contributed by atoms with E-state index in [4.69, 9.17) is 0 Å². The Labute approximate surface area is 127 Å². The van der Waals surface area contributed by atoms with Crippen molar-refractivity contribution in [3.8, 4) is 0 Å². The van der Waals surface area contributed by atoms with Gasteiger partial charge in [0.1, 0.15) is 0 Å². The van der Waals surface area contributed by atoms with Gasteiger partial charge in [-0.15, -0.1) is 11.3 Å². The first-order chi connectivity index (χ1) is 9.86. The molecule has 20 heavy (non-hydrogen) atoms. The standard InChI is InChI=1S/C18H28OS/c19-17-13-11-9-7-5-3-1-2-4-6-8-10-12-16-14-15-18(17)20-16/h14-15H,1-13H2. The summed E-state index contributed by atoms with van der Waals surface area (Å²) in [5, 5.41) is 0. The number of ketones is 1. The van der Waals surface area contributed by atoms with Crippen molar-refractivity contribution in [2.45, 2.75) is 83.5 Å². The minimum absolute atomic E-state index is 0.366. The lowest BCUT2D eigenvalue weighted by molar-refractivity contribution is 0.0983. The number of hydrogen-bond donors (Lipinski definition) is 0. The van der Waals surface area contributed by atoms with Crippen LogP contribution >= 0.6 is 11.3 Å². The molecule has 1 aromatic rings. The van der Waals surface area contributed by atoms with Crippen LogP contribution in [-0.2, 0) is 6.42 Å². The van der Waals surface area contributed by atoms with Crippen LogP contribution in [0.1, 0.15) is 91.6 Å². The second-order valence-corrected chi connectivity index (χ2v) is 7.25. The lowest BCUT2D eigenvalue weighted by Crippen LogP contribution is -1.95. The van der Waals surface area contributed by atoms with Gasteiger partial charge in [0.05, 0.1) is 4.88 Å². The van der Waals surface area contributed by atoms with E-state index >= 15 is 0 Å². The monoisotopic (exact) mass is 292 g/mol. The average molecular weight is 292 g/mol. The fraction of sp³-hybridized carbons (Fsp3) is 0.722. The van der Waals surface area contributed by atoms with Crippen LogP contribution < -0.4 is 0 Å². The number of fused-ring (bicyclic) bond motifs is 2. The Kier molecular flexibility index (Phi) is 7.35. The quantitative estimate of drug-likeness (QED) is 0.559. The molecule has 1 aliphatic heterocycles. The van der Waals surface area contributed by atoms with Gasteiger partial charge in [0.15, 0.2) is 5.78 Å². The van der Waals surface area contributed by atoms with Crippen molar-refractivity contribution in [2.75, 3.05) is 0 Å². The summed E-state index contributed by atoms with van der Waals surface area (Å²) in [6.07, 6.45) is 16.5. The van der Waals surface area contributed by atoms with Gasteiger partial charge in [0.25, 0.3) is 0 Å². The zero-order valence-electron chi connectivity index (χ0n) is 12.7. The maximum atomic E-state index is 12.1. The van der Waals surface area contributed by atoms with E-state index in [0.717, 1.165) is 24.1 Å². The van der Waals surface area contributed by atoms with Crippen molar-refractivity contribution in [3.05, 3.63) is 21.9 Å². The highest BCUT2D eigenvalue weighted by molar-refractivity contribution is 7.14. The molecule has 2 heteroatoms. The normalized spacial score (nSPS) is 20.5. The van der Waals surface area contributed by atoms with Crippen molar-refractivity contribution in [3.63, 3.8) is 0 Å². The average Bonchev–Trinajstić information content (AvgIpc) is 2.92. The maximum Gasteiger partial charge on any atom is 0.172 e. The first-order valence-electron chi connectivity index (χ1n) is 8.48. The Morgan fingerprint density at radius 3 is 1.75 bits per heavy atom. The molecule has 0 aromatic carbocycles. The number of rotatable bonds is 0. The molecule has 0 saturated heterocycles. The van der Waals surface area contributed by atoms with Gasteiger partial charge in [-0.1, -0.05) is 57.8 Å². The highest BCUT2D eigenvalue weighted by Crippen LogP contribution is 2.22. The largest absolute Gasteiger partial charge is 0.293 e. The van der Waals surface area contributed by atoms with Crippen LogP contribution in [0.25, 0.3) is 0 Å². The molecule has 0 aliphatic carbocycles. The Morgan fingerprint density at radius 1 is 0.650 bits per heavy atom. The SMILES string of the molecule is O=C1CCCCCCCCCCCCCc2ccc1s2.